The van der Waals surface area contributed by atoms with Crippen LogP contribution < -0.4 is 0 Å². The summed E-state index contributed by atoms with van der Waals surface area (Å²) in [5, 5.41) is 32.4. The Balaban J connectivity index is -0.000000577. The van der Waals surface area contributed by atoms with Crippen LogP contribution in [0.2, 0.25) is 0 Å². The van der Waals surface area contributed by atoms with Crippen molar-refractivity contribution in [3.63, 3.8) is 0 Å². The lowest BCUT2D eigenvalue weighted by atomic mass is 10.1. The van der Waals surface area contributed by atoms with Gasteiger partial charge >= 0.3 is 0 Å². The summed E-state index contributed by atoms with van der Waals surface area (Å²) in [6.45, 7) is 4.96. The van der Waals surface area contributed by atoms with Crippen LogP contribution in [0.15, 0.2) is 12.2 Å². The monoisotopic (exact) mass is 404 g/mol. The molecule has 0 unspecified atom stereocenters. The van der Waals surface area contributed by atoms with Gasteiger partial charge in [0.15, 0.2) is 0 Å². The third-order valence-electron chi connectivity index (χ3n) is 4.24. The van der Waals surface area contributed by atoms with Gasteiger partial charge in [0.1, 0.15) is 0 Å². The van der Waals surface area contributed by atoms with Crippen molar-refractivity contribution in [1.29, 1.82) is 0 Å². The minimum Gasteiger partial charge on any atom is -0.397 e. The number of hydrogen-bond acceptors (Lipinski definition) is 4. The first-order valence-electron chi connectivity index (χ1n) is 11.8. The molecule has 0 atom stereocenters. The molecule has 0 aromatic carbocycles. The van der Waals surface area contributed by atoms with Gasteiger partial charge in [0.2, 0.25) is 0 Å². The second kappa shape index (κ2) is 37.3. The lowest BCUT2D eigenvalue weighted by molar-refractivity contribution is 0.242. The van der Waals surface area contributed by atoms with E-state index in [0.29, 0.717) is 6.61 Å². The standard InChI is InChI=1S/C18H36O.C4H10O2.C2H6O/c1-2-3-4-5-6-7-8-9-10-11-12-13-14-15-16-17-18-19;5-3-1-2-4-6;1-2-3/h9-10,19H,2-8,11-18H2,1H3;5-6H,1-4H2;3H,2H2,1H3/b10-9-;;. The summed E-state index contributed by atoms with van der Waals surface area (Å²) in [7, 11) is 0. The van der Waals surface area contributed by atoms with Gasteiger partial charge in [-0.05, 0) is 51.9 Å². The molecule has 0 rings (SSSR count). The average molecular weight is 405 g/mol. The highest BCUT2D eigenvalue weighted by atomic mass is 16.3. The van der Waals surface area contributed by atoms with Gasteiger partial charge < -0.3 is 20.4 Å². The zero-order valence-corrected chi connectivity index (χ0v) is 19.1. The largest absolute Gasteiger partial charge is 0.397 e. The van der Waals surface area contributed by atoms with Gasteiger partial charge in [-0.15, -0.1) is 0 Å². The van der Waals surface area contributed by atoms with E-state index < -0.39 is 0 Å². The number of rotatable bonds is 18. The topological polar surface area (TPSA) is 80.9 Å². The highest BCUT2D eigenvalue weighted by Crippen LogP contribution is 2.09. The van der Waals surface area contributed by atoms with Crippen LogP contribution in [0.1, 0.15) is 117 Å². The van der Waals surface area contributed by atoms with E-state index in [-0.39, 0.29) is 19.8 Å². The molecule has 172 valence electrons. The van der Waals surface area contributed by atoms with Crippen molar-refractivity contribution in [3.05, 3.63) is 12.2 Å². The van der Waals surface area contributed by atoms with E-state index in [1.54, 1.807) is 6.92 Å². The Morgan fingerprint density at radius 1 is 0.429 bits per heavy atom. The number of aliphatic hydroxyl groups is 4. The van der Waals surface area contributed by atoms with Crippen LogP contribution in [0.25, 0.3) is 0 Å². The highest BCUT2D eigenvalue weighted by molar-refractivity contribution is 4.81. The van der Waals surface area contributed by atoms with Crippen molar-refractivity contribution < 1.29 is 20.4 Å². The molecular formula is C24H52O4. The van der Waals surface area contributed by atoms with Crippen LogP contribution in [-0.2, 0) is 0 Å². The Morgan fingerprint density at radius 3 is 1.07 bits per heavy atom. The molecule has 0 fully saturated rings. The molecule has 0 aromatic heterocycles. The minimum atomic E-state index is 0.195. The van der Waals surface area contributed by atoms with Crippen molar-refractivity contribution in [3.8, 4) is 0 Å². The summed E-state index contributed by atoms with van der Waals surface area (Å²) in [6, 6.07) is 0. The van der Waals surface area contributed by atoms with E-state index in [1.807, 2.05) is 0 Å². The maximum atomic E-state index is 8.66. The first-order chi connectivity index (χ1) is 13.7. The number of aliphatic hydroxyl groups excluding tert-OH is 4. The number of unbranched alkanes of at least 4 members (excludes halogenated alkanes) is 13. The van der Waals surface area contributed by atoms with Crippen molar-refractivity contribution in [1.82, 2.24) is 0 Å². The molecule has 0 bridgehead atoms. The molecule has 0 spiro atoms. The molecule has 4 heteroatoms. The van der Waals surface area contributed by atoms with E-state index in [0.717, 1.165) is 19.3 Å². The number of hydrogen-bond donors (Lipinski definition) is 4. The molecule has 28 heavy (non-hydrogen) atoms. The Hall–Kier alpha value is -0.420. The van der Waals surface area contributed by atoms with E-state index in [2.05, 4.69) is 19.1 Å². The minimum absolute atomic E-state index is 0.195. The van der Waals surface area contributed by atoms with Crippen LogP contribution in [0, 0.1) is 0 Å². The molecule has 0 amide bonds. The Kier molecular flexibility index (Phi) is 43.0. The molecule has 0 aliphatic carbocycles. The molecule has 4 N–H and O–H groups in total. The summed E-state index contributed by atoms with van der Waals surface area (Å²) < 4.78 is 0. The average Bonchev–Trinajstić information content (AvgIpc) is 2.70. The lowest BCUT2D eigenvalue weighted by Crippen LogP contribution is -1.85. The third-order valence-corrected chi connectivity index (χ3v) is 4.24. The molecule has 0 saturated heterocycles. The highest BCUT2D eigenvalue weighted by Gasteiger charge is 1.90. The normalized spacial score (nSPS) is 10.4. The Labute approximate surface area is 176 Å². The van der Waals surface area contributed by atoms with Gasteiger partial charge in [-0.2, -0.15) is 0 Å². The van der Waals surface area contributed by atoms with Crippen molar-refractivity contribution in [2.75, 3.05) is 26.4 Å². The van der Waals surface area contributed by atoms with Gasteiger partial charge in [0, 0.05) is 26.4 Å². The molecular weight excluding hydrogens is 352 g/mol. The molecule has 0 aromatic rings. The lowest BCUT2D eigenvalue weighted by Gasteiger charge is -1.99. The van der Waals surface area contributed by atoms with Crippen LogP contribution in [0.5, 0.6) is 0 Å². The predicted molar refractivity (Wildman–Crippen MR) is 123 cm³/mol. The van der Waals surface area contributed by atoms with Crippen LogP contribution in [0.4, 0.5) is 0 Å². The third kappa shape index (κ3) is 44.8. The SMILES string of the molecule is CCCCCCCC/C=C\CCCCCCCCO.CCO.OCCCCO. The molecule has 0 radical (unpaired) electrons. The van der Waals surface area contributed by atoms with E-state index >= 15 is 0 Å². The first-order valence-corrected chi connectivity index (χ1v) is 11.8. The van der Waals surface area contributed by atoms with E-state index in [1.165, 1.54) is 83.5 Å². The maximum absolute atomic E-state index is 8.66. The maximum Gasteiger partial charge on any atom is 0.0431 e. The van der Waals surface area contributed by atoms with Crippen LogP contribution >= 0.6 is 0 Å². The van der Waals surface area contributed by atoms with Crippen molar-refractivity contribution in [2.45, 2.75) is 117 Å². The fraction of sp³-hybridized carbons (Fsp3) is 0.917. The smallest absolute Gasteiger partial charge is 0.0431 e. The summed E-state index contributed by atoms with van der Waals surface area (Å²) in [5.41, 5.74) is 0. The van der Waals surface area contributed by atoms with Gasteiger partial charge in [-0.3, -0.25) is 0 Å². The zero-order chi connectivity index (χ0) is 21.6. The molecule has 4 nitrogen and oxygen atoms in total. The number of allylic oxidation sites excluding steroid dienone is 2. The van der Waals surface area contributed by atoms with E-state index in [4.69, 9.17) is 20.4 Å². The molecule has 0 aliphatic heterocycles. The van der Waals surface area contributed by atoms with Gasteiger partial charge in [0.25, 0.3) is 0 Å². The second-order valence-corrected chi connectivity index (χ2v) is 7.13. The molecule has 0 heterocycles. The molecule has 0 saturated carbocycles. The summed E-state index contributed by atoms with van der Waals surface area (Å²) in [4.78, 5) is 0. The van der Waals surface area contributed by atoms with Gasteiger partial charge in [0.05, 0.1) is 0 Å². The van der Waals surface area contributed by atoms with Crippen molar-refractivity contribution in [2.24, 2.45) is 0 Å². The Bertz CT molecular complexity index is 241. The van der Waals surface area contributed by atoms with Gasteiger partial charge in [-0.1, -0.05) is 76.9 Å². The Morgan fingerprint density at radius 2 is 0.714 bits per heavy atom. The van der Waals surface area contributed by atoms with Crippen LogP contribution in [0.3, 0.4) is 0 Å². The first kappa shape index (κ1) is 32.3. The quantitative estimate of drug-likeness (QED) is 0.173. The predicted octanol–water partition coefficient (Wildman–Crippen LogP) is 5.77. The fourth-order valence-corrected chi connectivity index (χ4v) is 2.58. The van der Waals surface area contributed by atoms with Gasteiger partial charge in [-0.25, -0.2) is 0 Å². The summed E-state index contributed by atoms with van der Waals surface area (Å²) in [5.74, 6) is 0. The van der Waals surface area contributed by atoms with E-state index in [9.17, 15) is 0 Å². The zero-order valence-electron chi connectivity index (χ0n) is 19.1. The molecule has 0 aliphatic rings. The fourth-order valence-electron chi connectivity index (χ4n) is 2.58. The van der Waals surface area contributed by atoms with Crippen LogP contribution in [-0.4, -0.2) is 46.9 Å². The second-order valence-electron chi connectivity index (χ2n) is 7.13. The summed E-state index contributed by atoms with van der Waals surface area (Å²) >= 11 is 0. The summed E-state index contributed by atoms with van der Waals surface area (Å²) in [6.07, 6.45) is 24.6. The van der Waals surface area contributed by atoms with Crippen molar-refractivity contribution >= 4 is 0 Å².